The first-order valence-electron chi connectivity index (χ1n) is 9.78. The van der Waals surface area contributed by atoms with E-state index in [1.165, 1.54) is 7.11 Å². The molecule has 0 bridgehead atoms. The summed E-state index contributed by atoms with van der Waals surface area (Å²) in [6, 6.07) is 13.8. The number of ether oxygens (including phenoxy) is 1. The highest BCUT2D eigenvalue weighted by atomic mass is 79.9. The van der Waals surface area contributed by atoms with E-state index in [1.54, 1.807) is 12.1 Å². The van der Waals surface area contributed by atoms with Gasteiger partial charge in [0.25, 0.3) is 0 Å². The smallest absolute Gasteiger partial charge is 0.328 e. The van der Waals surface area contributed by atoms with Crippen LogP contribution in [0.15, 0.2) is 53.0 Å². The van der Waals surface area contributed by atoms with E-state index in [9.17, 15) is 9.59 Å². The van der Waals surface area contributed by atoms with Crippen LogP contribution in [-0.2, 0) is 16.1 Å². The van der Waals surface area contributed by atoms with Gasteiger partial charge in [0.1, 0.15) is 11.9 Å². The van der Waals surface area contributed by atoms with Gasteiger partial charge in [0, 0.05) is 15.5 Å². The van der Waals surface area contributed by atoms with Crippen molar-refractivity contribution in [3.8, 4) is 0 Å². The number of urea groups is 1. The third kappa shape index (κ3) is 5.91. The Morgan fingerprint density at radius 1 is 1.10 bits per heavy atom. The molecule has 0 aliphatic rings. The Bertz CT molecular complexity index is 1090. The molecule has 1 heterocycles. The Morgan fingerprint density at radius 2 is 1.87 bits per heavy atom. The van der Waals surface area contributed by atoms with Gasteiger partial charge < -0.3 is 20.7 Å². The molecule has 0 unspecified atom stereocenters. The number of aromatic nitrogens is 2. The molecular formula is C22H24BrN5O3. The molecule has 0 radical (unpaired) electrons. The number of methoxy groups -OCH3 is 1. The molecule has 0 spiro atoms. The normalized spacial score (nSPS) is 11.8. The largest absolute Gasteiger partial charge is 0.467 e. The Hall–Kier alpha value is -3.20. The van der Waals surface area contributed by atoms with Gasteiger partial charge in [-0.3, -0.25) is 0 Å². The van der Waals surface area contributed by atoms with Gasteiger partial charge in [0.05, 0.1) is 19.2 Å². The molecule has 2 amide bonds. The van der Waals surface area contributed by atoms with Crippen molar-refractivity contribution in [2.45, 2.75) is 26.4 Å². The van der Waals surface area contributed by atoms with Gasteiger partial charge in [0.15, 0.2) is 5.82 Å². The molecule has 31 heavy (non-hydrogen) atoms. The van der Waals surface area contributed by atoms with Crippen molar-refractivity contribution in [1.29, 1.82) is 0 Å². The molecule has 3 rings (SSSR count). The van der Waals surface area contributed by atoms with Gasteiger partial charge >= 0.3 is 12.0 Å². The number of benzene rings is 2. The lowest BCUT2D eigenvalue weighted by Crippen LogP contribution is -2.36. The van der Waals surface area contributed by atoms with Crippen molar-refractivity contribution in [3.05, 3.63) is 58.8 Å². The number of fused-ring (bicyclic) bond motifs is 1. The van der Waals surface area contributed by atoms with E-state index in [0.717, 1.165) is 9.86 Å². The van der Waals surface area contributed by atoms with Crippen LogP contribution < -0.4 is 16.0 Å². The number of hydrogen-bond acceptors (Lipinski definition) is 6. The van der Waals surface area contributed by atoms with E-state index in [4.69, 9.17) is 4.74 Å². The predicted molar refractivity (Wildman–Crippen MR) is 124 cm³/mol. The Morgan fingerprint density at radius 3 is 2.58 bits per heavy atom. The number of para-hydroxylation sites is 1. The summed E-state index contributed by atoms with van der Waals surface area (Å²) in [5.41, 5.74) is 1.36. The second-order valence-electron chi connectivity index (χ2n) is 7.21. The summed E-state index contributed by atoms with van der Waals surface area (Å²) in [6.45, 7) is 3.96. The number of rotatable bonds is 7. The topological polar surface area (TPSA) is 105 Å². The highest BCUT2D eigenvalue weighted by Gasteiger charge is 2.24. The van der Waals surface area contributed by atoms with Gasteiger partial charge in [-0.05, 0) is 36.2 Å². The Labute approximate surface area is 188 Å². The van der Waals surface area contributed by atoms with Gasteiger partial charge in [-0.2, -0.15) is 0 Å². The maximum atomic E-state index is 12.3. The zero-order valence-electron chi connectivity index (χ0n) is 17.5. The molecule has 0 saturated carbocycles. The monoisotopic (exact) mass is 485 g/mol. The van der Waals surface area contributed by atoms with Gasteiger partial charge in [-0.1, -0.05) is 48.0 Å². The first kappa shape index (κ1) is 22.5. The van der Waals surface area contributed by atoms with Crippen LogP contribution in [0, 0.1) is 5.92 Å². The number of nitrogens with one attached hydrogen (secondary N) is 3. The minimum Gasteiger partial charge on any atom is -0.467 e. The molecule has 9 heteroatoms. The van der Waals surface area contributed by atoms with Crippen LogP contribution in [0.3, 0.4) is 0 Å². The summed E-state index contributed by atoms with van der Waals surface area (Å²) in [7, 11) is 1.36. The van der Waals surface area contributed by atoms with E-state index < -0.39 is 6.04 Å². The van der Waals surface area contributed by atoms with E-state index >= 15 is 0 Å². The quantitative estimate of drug-likeness (QED) is 0.430. The molecule has 1 atom stereocenters. The predicted octanol–water partition coefficient (Wildman–Crippen LogP) is 4.32. The molecule has 3 N–H and O–H groups in total. The summed E-state index contributed by atoms with van der Waals surface area (Å²) in [6.07, 6.45) is 0. The number of carbonyl (C=O) groups is 2. The average molecular weight is 486 g/mol. The summed E-state index contributed by atoms with van der Waals surface area (Å²) in [5.74, 6) is 0.543. The minimum absolute atomic E-state index is 0.0151. The number of esters is 1. The second kappa shape index (κ2) is 10.2. The summed E-state index contributed by atoms with van der Waals surface area (Å²) in [5, 5.41) is 9.49. The minimum atomic E-state index is -0.566. The first-order chi connectivity index (χ1) is 14.9. The van der Waals surface area contributed by atoms with Crippen molar-refractivity contribution < 1.29 is 14.3 Å². The van der Waals surface area contributed by atoms with Crippen LogP contribution >= 0.6 is 15.9 Å². The standard InChI is InChI=1S/C22H24BrN5O3/c1-13(2)19(21(29)31-3)28-20-16-9-4-5-10-17(16)26-18(27-20)12-24-22(30)25-15-8-6-7-14(23)11-15/h4-11,13,19H,12H2,1-3H3,(H2,24,25,30)(H,26,27,28)/t19-/m0/s1. The number of anilines is 2. The molecule has 0 saturated heterocycles. The highest BCUT2D eigenvalue weighted by Crippen LogP contribution is 2.22. The molecule has 1 aromatic heterocycles. The molecule has 162 valence electrons. The van der Waals surface area contributed by atoms with E-state index in [-0.39, 0.29) is 24.5 Å². The van der Waals surface area contributed by atoms with Crippen LogP contribution in [0.4, 0.5) is 16.3 Å². The maximum absolute atomic E-state index is 12.3. The second-order valence-corrected chi connectivity index (χ2v) is 8.13. The lowest BCUT2D eigenvalue weighted by atomic mass is 10.0. The molecule has 0 fully saturated rings. The van der Waals surface area contributed by atoms with Crippen LogP contribution in [-0.4, -0.2) is 35.1 Å². The fourth-order valence-electron chi connectivity index (χ4n) is 2.99. The van der Waals surface area contributed by atoms with Crippen molar-refractivity contribution >= 4 is 50.3 Å². The van der Waals surface area contributed by atoms with Gasteiger partial charge in [-0.25, -0.2) is 19.6 Å². The third-order valence-electron chi connectivity index (χ3n) is 4.55. The molecule has 2 aromatic carbocycles. The highest BCUT2D eigenvalue weighted by molar-refractivity contribution is 9.10. The van der Waals surface area contributed by atoms with Crippen LogP contribution in [0.2, 0.25) is 0 Å². The van der Waals surface area contributed by atoms with Crippen LogP contribution in [0.1, 0.15) is 19.7 Å². The van der Waals surface area contributed by atoms with E-state index in [2.05, 4.69) is 41.8 Å². The van der Waals surface area contributed by atoms with Gasteiger partial charge in [0.2, 0.25) is 0 Å². The molecule has 8 nitrogen and oxygen atoms in total. The lowest BCUT2D eigenvalue weighted by molar-refractivity contribution is -0.142. The van der Waals surface area contributed by atoms with E-state index in [1.807, 2.05) is 50.2 Å². The average Bonchev–Trinajstić information content (AvgIpc) is 2.75. The third-order valence-corrected chi connectivity index (χ3v) is 5.05. The molecular weight excluding hydrogens is 462 g/mol. The Balaban J connectivity index is 1.79. The number of nitrogens with zero attached hydrogens (tertiary/aromatic N) is 2. The van der Waals surface area contributed by atoms with E-state index in [0.29, 0.717) is 22.8 Å². The maximum Gasteiger partial charge on any atom is 0.328 e. The summed E-state index contributed by atoms with van der Waals surface area (Å²) < 4.78 is 5.78. The zero-order valence-corrected chi connectivity index (χ0v) is 19.1. The van der Waals surface area contributed by atoms with Crippen molar-refractivity contribution in [2.24, 2.45) is 5.92 Å². The Kier molecular flexibility index (Phi) is 7.41. The van der Waals surface area contributed by atoms with Crippen molar-refractivity contribution in [1.82, 2.24) is 15.3 Å². The van der Waals surface area contributed by atoms with Crippen molar-refractivity contribution in [2.75, 3.05) is 17.7 Å². The van der Waals surface area contributed by atoms with Gasteiger partial charge in [-0.15, -0.1) is 0 Å². The zero-order chi connectivity index (χ0) is 22.4. The number of amides is 2. The molecule has 3 aromatic rings. The lowest BCUT2D eigenvalue weighted by Gasteiger charge is -2.21. The van der Waals surface area contributed by atoms with Crippen LogP contribution in [0.5, 0.6) is 0 Å². The SMILES string of the molecule is COC(=O)[C@@H](Nc1nc(CNC(=O)Nc2cccc(Br)c2)nc2ccccc12)C(C)C. The fourth-order valence-corrected chi connectivity index (χ4v) is 3.39. The molecule has 0 aliphatic carbocycles. The summed E-state index contributed by atoms with van der Waals surface area (Å²) >= 11 is 3.37. The first-order valence-corrected chi connectivity index (χ1v) is 10.6. The number of carbonyl (C=O) groups excluding carboxylic acids is 2. The van der Waals surface area contributed by atoms with Crippen LogP contribution in [0.25, 0.3) is 10.9 Å². The molecule has 0 aliphatic heterocycles. The number of hydrogen-bond donors (Lipinski definition) is 3. The number of halogens is 1. The summed E-state index contributed by atoms with van der Waals surface area (Å²) in [4.78, 5) is 33.5. The fraction of sp³-hybridized carbons (Fsp3) is 0.273. The van der Waals surface area contributed by atoms with Crippen molar-refractivity contribution in [3.63, 3.8) is 0 Å².